The summed E-state index contributed by atoms with van der Waals surface area (Å²) in [4.78, 5) is 0. The van der Waals surface area contributed by atoms with E-state index in [1.54, 1.807) is 12.1 Å². The molecule has 1 nitrogen and oxygen atoms in total. The Labute approximate surface area is 79.5 Å². The largest absolute Gasteiger partial charge is 0.508 e. The predicted molar refractivity (Wildman–Crippen MR) is 54.8 cm³/mol. The molecule has 1 aliphatic rings. The highest BCUT2D eigenvalue weighted by molar-refractivity contribution is 6.15. The molecule has 2 rings (SSSR count). The summed E-state index contributed by atoms with van der Waals surface area (Å²) in [5.74, 6) is 0.306. The molecule has 0 atom stereocenters. The summed E-state index contributed by atoms with van der Waals surface area (Å²) >= 11 is 0. The van der Waals surface area contributed by atoms with Crippen LogP contribution in [0.1, 0.15) is 18.4 Å². The Hall–Kier alpha value is -1.18. The highest BCUT2D eigenvalue weighted by Crippen LogP contribution is 2.38. The van der Waals surface area contributed by atoms with Gasteiger partial charge in [-0.15, -0.1) is 0 Å². The Morgan fingerprint density at radius 3 is 2.31 bits per heavy atom. The SMILES string of the molecule is [B]CC(=C1CC1)c1ccc(O)cc1. The van der Waals surface area contributed by atoms with Crippen molar-refractivity contribution in [2.75, 3.05) is 0 Å². The molecular weight excluding hydrogens is 159 g/mol. The van der Waals surface area contributed by atoms with Gasteiger partial charge in [0.15, 0.2) is 0 Å². The van der Waals surface area contributed by atoms with Gasteiger partial charge in [-0.25, -0.2) is 0 Å². The average molecular weight is 170 g/mol. The standard InChI is InChI=1S/C11H11BO/c12-7-11(8-1-2-8)9-3-5-10(13)6-4-9/h3-6,13H,1-2,7H2. The molecule has 13 heavy (non-hydrogen) atoms. The van der Waals surface area contributed by atoms with Gasteiger partial charge in [-0.05, 0) is 30.5 Å². The van der Waals surface area contributed by atoms with Crippen LogP contribution in [0.5, 0.6) is 5.75 Å². The lowest BCUT2D eigenvalue weighted by Gasteiger charge is -2.04. The van der Waals surface area contributed by atoms with Gasteiger partial charge in [-0.2, -0.15) is 0 Å². The maximum Gasteiger partial charge on any atom is 0.115 e. The molecule has 2 radical (unpaired) electrons. The number of hydrogen-bond acceptors (Lipinski definition) is 1. The van der Waals surface area contributed by atoms with Crippen LogP contribution < -0.4 is 0 Å². The summed E-state index contributed by atoms with van der Waals surface area (Å²) in [6.07, 6.45) is 2.97. The summed E-state index contributed by atoms with van der Waals surface area (Å²) in [6, 6.07) is 7.24. The van der Waals surface area contributed by atoms with Crippen molar-refractivity contribution in [2.24, 2.45) is 0 Å². The molecule has 0 aliphatic heterocycles. The van der Waals surface area contributed by atoms with E-state index in [2.05, 4.69) is 0 Å². The van der Waals surface area contributed by atoms with E-state index in [-0.39, 0.29) is 0 Å². The van der Waals surface area contributed by atoms with Crippen LogP contribution in [-0.4, -0.2) is 13.0 Å². The van der Waals surface area contributed by atoms with E-state index < -0.39 is 0 Å². The summed E-state index contributed by atoms with van der Waals surface area (Å²) in [7, 11) is 5.66. The third-order valence-electron chi connectivity index (χ3n) is 2.35. The Balaban J connectivity index is 2.34. The van der Waals surface area contributed by atoms with Crippen LogP contribution in [0.2, 0.25) is 6.32 Å². The zero-order chi connectivity index (χ0) is 9.26. The second-order valence-corrected chi connectivity index (χ2v) is 3.33. The molecule has 64 valence electrons. The molecule has 0 bridgehead atoms. The normalized spacial score (nSPS) is 14.3. The lowest BCUT2D eigenvalue weighted by atomic mass is 9.90. The number of aromatic hydroxyl groups is 1. The number of phenols is 1. The predicted octanol–water partition coefficient (Wildman–Crippen LogP) is 2.53. The average Bonchev–Trinajstić information content (AvgIpc) is 2.93. The van der Waals surface area contributed by atoms with Gasteiger partial charge in [0.1, 0.15) is 5.75 Å². The molecule has 0 amide bonds. The minimum Gasteiger partial charge on any atom is -0.508 e. The van der Waals surface area contributed by atoms with Crippen LogP contribution in [0.25, 0.3) is 5.57 Å². The van der Waals surface area contributed by atoms with Crippen molar-refractivity contribution in [3.8, 4) is 5.75 Å². The smallest absolute Gasteiger partial charge is 0.115 e. The Bertz CT molecular complexity index is 332. The summed E-state index contributed by atoms with van der Waals surface area (Å²) in [6.45, 7) is 0. The second kappa shape index (κ2) is 3.29. The third kappa shape index (κ3) is 1.77. The first-order chi connectivity index (χ1) is 6.31. The lowest BCUT2D eigenvalue weighted by Crippen LogP contribution is -1.83. The van der Waals surface area contributed by atoms with Crippen LogP contribution in [0, 0.1) is 0 Å². The minimum atomic E-state index is 0.306. The van der Waals surface area contributed by atoms with Crippen LogP contribution in [-0.2, 0) is 0 Å². The first kappa shape index (κ1) is 8.42. The zero-order valence-electron chi connectivity index (χ0n) is 7.46. The summed E-state index contributed by atoms with van der Waals surface area (Å²) in [5.41, 5.74) is 3.86. The number of allylic oxidation sites excluding steroid dienone is 2. The highest BCUT2D eigenvalue weighted by atomic mass is 16.3. The van der Waals surface area contributed by atoms with Crippen molar-refractivity contribution >= 4 is 13.4 Å². The van der Waals surface area contributed by atoms with Crippen molar-refractivity contribution in [3.63, 3.8) is 0 Å². The number of hydrogen-bond donors (Lipinski definition) is 1. The van der Waals surface area contributed by atoms with Gasteiger partial charge in [0.05, 0.1) is 7.85 Å². The molecule has 0 aromatic heterocycles. The van der Waals surface area contributed by atoms with Crippen molar-refractivity contribution in [3.05, 3.63) is 35.4 Å². The molecule has 0 spiro atoms. The molecule has 1 N–H and O–H groups in total. The van der Waals surface area contributed by atoms with Crippen molar-refractivity contribution in [1.29, 1.82) is 0 Å². The van der Waals surface area contributed by atoms with Gasteiger partial charge in [-0.1, -0.05) is 29.6 Å². The van der Waals surface area contributed by atoms with Crippen molar-refractivity contribution < 1.29 is 5.11 Å². The molecule has 1 aliphatic carbocycles. The number of phenolic OH excluding ortho intramolecular Hbond substituents is 1. The topological polar surface area (TPSA) is 20.2 Å². The maximum atomic E-state index is 9.12. The van der Waals surface area contributed by atoms with E-state index in [0.717, 1.165) is 5.56 Å². The first-order valence-corrected chi connectivity index (χ1v) is 4.51. The monoisotopic (exact) mass is 170 g/mol. The molecular formula is C11H11BO. The highest BCUT2D eigenvalue weighted by Gasteiger charge is 2.16. The Morgan fingerprint density at radius 2 is 1.85 bits per heavy atom. The first-order valence-electron chi connectivity index (χ1n) is 4.51. The molecule has 1 fully saturated rings. The molecule has 0 unspecified atom stereocenters. The molecule has 0 saturated heterocycles. The zero-order valence-corrected chi connectivity index (χ0v) is 7.46. The van der Waals surface area contributed by atoms with Gasteiger partial charge < -0.3 is 5.11 Å². The fourth-order valence-electron chi connectivity index (χ4n) is 1.49. The van der Waals surface area contributed by atoms with E-state index in [1.807, 2.05) is 12.1 Å². The fraction of sp³-hybridized carbons (Fsp3) is 0.273. The lowest BCUT2D eigenvalue weighted by molar-refractivity contribution is 0.475. The van der Waals surface area contributed by atoms with Gasteiger partial charge in [-0.3, -0.25) is 0 Å². The van der Waals surface area contributed by atoms with Crippen LogP contribution >= 0.6 is 0 Å². The van der Waals surface area contributed by atoms with Crippen molar-refractivity contribution in [2.45, 2.75) is 19.2 Å². The molecule has 0 heterocycles. The molecule has 1 aromatic carbocycles. The second-order valence-electron chi connectivity index (χ2n) is 3.33. The summed E-state index contributed by atoms with van der Waals surface area (Å²) in [5, 5.41) is 9.12. The van der Waals surface area contributed by atoms with E-state index >= 15 is 0 Å². The fourth-order valence-corrected chi connectivity index (χ4v) is 1.49. The van der Waals surface area contributed by atoms with E-state index in [4.69, 9.17) is 13.0 Å². The Kier molecular flexibility index (Phi) is 2.13. The van der Waals surface area contributed by atoms with Crippen molar-refractivity contribution in [1.82, 2.24) is 0 Å². The van der Waals surface area contributed by atoms with Gasteiger partial charge in [0.25, 0.3) is 0 Å². The van der Waals surface area contributed by atoms with Crippen LogP contribution in [0.4, 0.5) is 0 Å². The van der Waals surface area contributed by atoms with Crippen LogP contribution in [0.3, 0.4) is 0 Å². The van der Waals surface area contributed by atoms with E-state index in [0.29, 0.717) is 12.1 Å². The third-order valence-corrected chi connectivity index (χ3v) is 2.35. The van der Waals surface area contributed by atoms with Gasteiger partial charge in [0.2, 0.25) is 0 Å². The van der Waals surface area contributed by atoms with Gasteiger partial charge in [0, 0.05) is 0 Å². The van der Waals surface area contributed by atoms with E-state index in [9.17, 15) is 0 Å². The summed E-state index contributed by atoms with van der Waals surface area (Å²) < 4.78 is 0. The quantitative estimate of drug-likeness (QED) is 0.676. The minimum absolute atomic E-state index is 0.306. The van der Waals surface area contributed by atoms with Gasteiger partial charge >= 0.3 is 0 Å². The molecule has 1 aromatic rings. The number of rotatable bonds is 2. The number of benzene rings is 1. The van der Waals surface area contributed by atoms with E-state index in [1.165, 1.54) is 24.0 Å². The van der Waals surface area contributed by atoms with Crippen LogP contribution in [0.15, 0.2) is 29.8 Å². The molecule has 2 heteroatoms. The molecule has 1 saturated carbocycles. The maximum absolute atomic E-state index is 9.12. The Morgan fingerprint density at radius 1 is 1.23 bits per heavy atom.